The summed E-state index contributed by atoms with van der Waals surface area (Å²) in [7, 11) is 0. The van der Waals surface area contributed by atoms with Crippen LogP contribution in [0.1, 0.15) is 56.9 Å². The predicted molar refractivity (Wildman–Crippen MR) is 77.3 cm³/mol. The third-order valence-electron chi connectivity index (χ3n) is 2.86. The normalized spacial score (nSPS) is 11.9. The van der Waals surface area contributed by atoms with Gasteiger partial charge in [-0.2, -0.15) is 0 Å². The Morgan fingerprint density at radius 1 is 1.26 bits per heavy atom. The van der Waals surface area contributed by atoms with Crippen molar-refractivity contribution in [3.05, 3.63) is 18.1 Å². The van der Waals surface area contributed by atoms with Crippen molar-refractivity contribution in [1.82, 2.24) is 15.3 Å². The summed E-state index contributed by atoms with van der Waals surface area (Å²) < 4.78 is 0. The van der Waals surface area contributed by atoms with Crippen molar-refractivity contribution in [2.45, 2.75) is 52.5 Å². The Morgan fingerprint density at radius 2 is 2.05 bits per heavy atom. The summed E-state index contributed by atoms with van der Waals surface area (Å²) >= 11 is 0. The topological polar surface area (TPSA) is 66.9 Å². The Morgan fingerprint density at radius 3 is 2.63 bits per heavy atom. The molecule has 1 heterocycles. The third-order valence-corrected chi connectivity index (χ3v) is 2.86. The number of hydrogen-bond acceptors (Lipinski definition) is 4. The summed E-state index contributed by atoms with van der Waals surface area (Å²) in [5.74, 6) is 0.537. The second kappa shape index (κ2) is 8.45. The molecule has 1 amide bonds. The van der Waals surface area contributed by atoms with Gasteiger partial charge in [-0.15, -0.1) is 0 Å². The van der Waals surface area contributed by atoms with Crippen LogP contribution in [0.4, 0.5) is 5.82 Å². The average molecular weight is 264 g/mol. The molecule has 1 aromatic rings. The molecule has 2 N–H and O–H groups in total. The van der Waals surface area contributed by atoms with E-state index >= 15 is 0 Å². The monoisotopic (exact) mass is 264 g/mol. The number of unbranched alkanes of at least 4 members (excludes halogenated alkanes) is 2. The summed E-state index contributed by atoms with van der Waals surface area (Å²) in [6, 6.07) is 0.175. The first kappa shape index (κ1) is 15.4. The van der Waals surface area contributed by atoms with Crippen molar-refractivity contribution in [1.29, 1.82) is 0 Å². The van der Waals surface area contributed by atoms with Gasteiger partial charge < -0.3 is 10.6 Å². The van der Waals surface area contributed by atoms with Crippen LogP contribution in [0.15, 0.2) is 12.4 Å². The molecule has 19 heavy (non-hydrogen) atoms. The highest BCUT2D eigenvalue weighted by Crippen LogP contribution is 2.05. The zero-order valence-corrected chi connectivity index (χ0v) is 12.1. The maximum absolute atomic E-state index is 11.9. The minimum Gasteiger partial charge on any atom is -0.369 e. The van der Waals surface area contributed by atoms with Crippen LogP contribution in [0.5, 0.6) is 0 Å². The second-order valence-electron chi connectivity index (χ2n) is 4.69. The van der Waals surface area contributed by atoms with Gasteiger partial charge in [-0.25, -0.2) is 9.97 Å². The number of anilines is 1. The zero-order chi connectivity index (χ0) is 14.1. The number of nitrogens with zero attached hydrogens (tertiary/aromatic N) is 2. The van der Waals surface area contributed by atoms with Gasteiger partial charge in [-0.3, -0.25) is 4.79 Å². The van der Waals surface area contributed by atoms with Crippen LogP contribution in [-0.4, -0.2) is 28.5 Å². The molecule has 0 spiro atoms. The molecule has 0 saturated carbocycles. The molecule has 0 fully saturated rings. The van der Waals surface area contributed by atoms with Gasteiger partial charge in [0.1, 0.15) is 11.5 Å². The van der Waals surface area contributed by atoms with Crippen molar-refractivity contribution in [3.63, 3.8) is 0 Å². The fourth-order valence-electron chi connectivity index (χ4n) is 1.79. The molecule has 1 aromatic heterocycles. The summed E-state index contributed by atoms with van der Waals surface area (Å²) in [6.07, 6.45) is 7.63. The third kappa shape index (κ3) is 5.68. The van der Waals surface area contributed by atoms with Crippen LogP contribution >= 0.6 is 0 Å². The molecule has 0 aliphatic carbocycles. The zero-order valence-electron chi connectivity index (χ0n) is 12.1. The predicted octanol–water partition coefficient (Wildman–Crippen LogP) is 2.61. The highest BCUT2D eigenvalue weighted by atomic mass is 16.1. The number of aromatic nitrogens is 2. The van der Waals surface area contributed by atoms with E-state index in [0.717, 1.165) is 19.4 Å². The van der Waals surface area contributed by atoms with Crippen molar-refractivity contribution in [3.8, 4) is 0 Å². The van der Waals surface area contributed by atoms with Crippen LogP contribution in [0.25, 0.3) is 0 Å². The molecule has 0 aliphatic heterocycles. The minimum absolute atomic E-state index is 0.153. The molecule has 1 unspecified atom stereocenters. The second-order valence-corrected chi connectivity index (χ2v) is 4.69. The van der Waals surface area contributed by atoms with E-state index in [-0.39, 0.29) is 11.9 Å². The lowest BCUT2D eigenvalue weighted by Crippen LogP contribution is -2.33. The largest absolute Gasteiger partial charge is 0.369 e. The van der Waals surface area contributed by atoms with E-state index in [1.807, 2.05) is 13.8 Å². The van der Waals surface area contributed by atoms with Gasteiger partial charge in [-0.05, 0) is 20.3 Å². The summed E-state index contributed by atoms with van der Waals surface area (Å²) in [5, 5.41) is 5.99. The van der Waals surface area contributed by atoms with Crippen molar-refractivity contribution in [2.75, 3.05) is 11.9 Å². The Balaban J connectivity index is 2.44. The summed E-state index contributed by atoms with van der Waals surface area (Å²) in [4.78, 5) is 20.2. The molecule has 0 aromatic carbocycles. The first-order valence-electron chi connectivity index (χ1n) is 7.04. The fraction of sp³-hybridized carbons (Fsp3) is 0.643. The van der Waals surface area contributed by atoms with Gasteiger partial charge in [0.2, 0.25) is 0 Å². The molecule has 5 nitrogen and oxygen atoms in total. The maximum atomic E-state index is 11.9. The average Bonchev–Trinajstić information content (AvgIpc) is 2.40. The van der Waals surface area contributed by atoms with Crippen molar-refractivity contribution >= 4 is 11.7 Å². The standard InChI is InChI=1S/C14H24N4O/c1-4-6-7-8-11(3)18-14(19)12-9-17-13(10-16-12)15-5-2/h9-11H,4-8H2,1-3H3,(H,15,17)(H,18,19). The first-order valence-corrected chi connectivity index (χ1v) is 7.04. The van der Waals surface area contributed by atoms with Crippen molar-refractivity contribution in [2.24, 2.45) is 0 Å². The Bertz CT molecular complexity index is 378. The molecule has 106 valence electrons. The Labute approximate surface area is 115 Å². The quantitative estimate of drug-likeness (QED) is 0.708. The Hall–Kier alpha value is -1.65. The number of nitrogens with one attached hydrogen (secondary N) is 2. The number of rotatable bonds is 8. The van der Waals surface area contributed by atoms with Crippen LogP contribution in [0, 0.1) is 0 Å². The number of amides is 1. The van der Waals surface area contributed by atoms with Crippen LogP contribution < -0.4 is 10.6 Å². The van der Waals surface area contributed by atoms with Crippen LogP contribution in [0.2, 0.25) is 0 Å². The molecular weight excluding hydrogens is 240 g/mol. The van der Waals surface area contributed by atoms with E-state index < -0.39 is 0 Å². The highest BCUT2D eigenvalue weighted by Gasteiger charge is 2.11. The van der Waals surface area contributed by atoms with E-state index in [1.165, 1.54) is 19.0 Å². The van der Waals surface area contributed by atoms with E-state index in [2.05, 4.69) is 27.5 Å². The maximum Gasteiger partial charge on any atom is 0.271 e. The van der Waals surface area contributed by atoms with Gasteiger partial charge >= 0.3 is 0 Å². The smallest absolute Gasteiger partial charge is 0.271 e. The van der Waals surface area contributed by atoms with Gasteiger partial charge in [0, 0.05) is 12.6 Å². The van der Waals surface area contributed by atoms with E-state index in [9.17, 15) is 4.79 Å². The lowest BCUT2D eigenvalue weighted by atomic mass is 10.1. The van der Waals surface area contributed by atoms with E-state index in [1.54, 1.807) is 6.20 Å². The molecule has 0 radical (unpaired) electrons. The molecular formula is C14H24N4O. The highest BCUT2D eigenvalue weighted by molar-refractivity contribution is 5.92. The van der Waals surface area contributed by atoms with Gasteiger partial charge in [0.25, 0.3) is 5.91 Å². The molecule has 1 atom stereocenters. The first-order chi connectivity index (χ1) is 9.17. The molecule has 0 aliphatic rings. The van der Waals surface area contributed by atoms with E-state index in [4.69, 9.17) is 0 Å². The van der Waals surface area contributed by atoms with E-state index in [0.29, 0.717) is 11.5 Å². The number of carbonyl (C=O) groups is 1. The molecule has 0 saturated heterocycles. The van der Waals surface area contributed by atoms with Crippen LogP contribution in [-0.2, 0) is 0 Å². The van der Waals surface area contributed by atoms with Gasteiger partial charge in [-0.1, -0.05) is 26.2 Å². The minimum atomic E-state index is -0.153. The van der Waals surface area contributed by atoms with Crippen LogP contribution in [0.3, 0.4) is 0 Å². The molecule has 5 heteroatoms. The SMILES string of the molecule is CCCCCC(C)NC(=O)c1cnc(NCC)cn1. The lowest BCUT2D eigenvalue weighted by Gasteiger charge is -2.13. The fourth-order valence-corrected chi connectivity index (χ4v) is 1.79. The molecule has 1 rings (SSSR count). The van der Waals surface area contributed by atoms with Gasteiger partial charge in [0.15, 0.2) is 0 Å². The number of carbonyl (C=O) groups excluding carboxylic acids is 1. The summed E-state index contributed by atoms with van der Waals surface area (Å²) in [5.41, 5.74) is 0.365. The Kier molecular flexibility index (Phi) is 6.85. The number of hydrogen-bond donors (Lipinski definition) is 2. The molecule has 0 bridgehead atoms. The summed E-state index contributed by atoms with van der Waals surface area (Å²) in [6.45, 7) is 6.97. The van der Waals surface area contributed by atoms with Gasteiger partial charge in [0.05, 0.1) is 12.4 Å². The van der Waals surface area contributed by atoms with Crippen molar-refractivity contribution < 1.29 is 4.79 Å². The lowest BCUT2D eigenvalue weighted by molar-refractivity contribution is 0.0932.